The fourth-order valence-electron chi connectivity index (χ4n) is 2.39. The number of hydrogen-bond donors (Lipinski definition) is 0. The summed E-state index contributed by atoms with van der Waals surface area (Å²) in [6.07, 6.45) is 2.47. The summed E-state index contributed by atoms with van der Waals surface area (Å²) in [7, 11) is 0. The normalized spacial score (nSPS) is 11.2. The Hall–Kier alpha value is -1.51. The largest absolute Gasteiger partial charge is 0.206 e. The first-order valence-electron chi connectivity index (χ1n) is 6.68. The van der Waals surface area contributed by atoms with Crippen molar-refractivity contribution in [1.29, 1.82) is 0 Å². The van der Waals surface area contributed by atoms with Crippen LogP contribution in [0.15, 0.2) is 18.2 Å². The van der Waals surface area contributed by atoms with Crippen molar-refractivity contribution >= 4 is 10.8 Å². The summed E-state index contributed by atoms with van der Waals surface area (Å²) in [5, 5.41) is 0.211. The van der Waals surface area contributed by atoms with Gasteiger partial charge in [-0.15, -0.1) is 0 Å². The summed E-state index contributed by atoms with van der Waals surface area (Å²) < 4.78 is 42.1. The fraction of sp³-hybridized carbons (Fsp3) is 0.375. The minimum absolute atomic E-state index is 0.219. The smallest absolute Gasteiger partial charge is 0.169 e. The van der Waals surface area contributed by atoms with E-state index >= 15 is 0 Å². The van der Waals surface area contributed by atoms with E-state index in [1.54, 1.807) is 18.2 Å². The van der Waals surface area contributed by atoms with Gasteiger partial charge in [-0.1, -0.05) is 38.8 Å². The quantitative estimate of drug-likeness (QED) is 0.716. The van der Waals surface area contributed by atoms with Gasteiger partial charge in [-0.25, -0.2) is 13.2 Å². The highest BCUT2D eigenvalue weighted by Gasteiger charge is 2.17. The van der Waals surface area contributed by atoms with Crippen molar-refractivity contribution in [1.82, 2.24) is 0 Å². The van der Waals surface area contributed by atoms with Crippen molar-refractivity contribution in [3.8, 4) is 0 Å². The highest BCUT2D eigenvalue weighted by atomic mass is 19.2. The van der Waals surface area contributed by atoms with Gasteiger partial charge < -0.3 is 0 Å². The Kier molecular flexibility index (Phi) is 4.13. The molecule has 2 rings (SSSR count). The van der Waals surface area contributed by atoms with Gasteiger partial charge in [0.25, 0.3) is 0 Å². The van der Waals surface area contributed by atoms with E-state index in [1.807, 2.05) is 13.8 Å². The van der Waals surface area contributed by atoms with Gasteiger partial charge in [-0.3, -0.25) is 0 Å². The summed E-state index contributed by atoms with van der Waals surface area (Å²) in [6.45, 7) is 3.82. The lowest BCUT2D eigenvalue weighted by Crippen LogP contribution is -2.00. The van der Waals surface area contributed by atoms with Gasteiger partial charge in [-0.2, -0.15) is 0 Å². The molecule has 0 nitrogen and oxygen atoms in total. The molecule has 0 unspecified atom stereocenters. The lowest BCUT2D eigenvalue weighted by molar-refractivity contribution is 0.501. The van der Waals surface area contributed by atoms with Crippen molar-refractivity contribution in [2.24, 2.45) is 0 Å². The van der Waals surface area contributed by atoms with Gasteiger partial charge in [0.2, 0.25) is 0 Å². The highest BCUT2D eigenvalue weighted by molar-refractivity contribution is 5.85. The molecule has 0 aliphatic carbocycles. The number of rotatable bonds is 4. The topological polar surface area (TPSA) is 0 Å². The number of halogens is 3. The molecule has 0 aliphatic rings. The first kappa shape index (κ1) is 13.9. The lowest BCUT2D eigenvalue weighted by atomic mass is 9.98. The predicted octanol–water partition coefficient (Wildman–Crippen LogP) is 5.16. The van der Waals surface area contributed by atoms with E-state index in [9.17, 15) is 13.2 Å². The monoisotopic (exact) mass is 266 g/mol. The number of fused-ring (bicyclic) bond motifs is 1. The Bertz CT molecular complexity index is 603. The van der Waals surface area contributed by atoms with Crippen LogP contribution in [0.5, 0.6) is 0 Å². The van der Waals surface area contributed by atoms with E-state index in [0.717, 1.165) is 12.8 Å². The van der Waals surface area contributed by atoms with E-state index in [1.165, 1.54) is 0 Å². The predicted molar refractivity (Wildman–Crippen MR) is 71.8 cm³/mol. The molecule has 3 heteroatoms. The Morgan fingerprint density at radius 3 is 2.05 bits per heavy atom. The zero-order valence-electron chi connectivity index (χ0n) is 11.2. The molecule has 0 atom stereocenters. The standard InChI is InChI=1S/C16H17F3/c1-3-5-10-7-8-11-9-12(6-4-2)15(18)16(19)13(11)14(10)17/h7-9H,3-6H2,1-2H3. The molecule has 19 heavy (non-hydrogen) atoms. The number of hydrogen-bond acceptors (Lipinski definition) is 0. The average Bonchev–Trinajstić information content (AvgIpc) is 2.39. The maximum atomic E-state index is 14.2. The fourth-order valence-corrected chi connectivity index (χ4v) is 2.39. The third-order valence-corrected chi connectivity index (χ3v) is 3.32. The second-order valence-corrected chi connectivity index (χ2v) is 4.80. The van der Waals surface area contributed by atoms with Crippen LogP contribution in [-0.2, 0) is 12.8 Å². The molecule has 0 heterocycles. The molecule has 0 bridgehead atoms. The van der Waals surface area contributed by atoms with E-state index in [4.69, 9.17) is 0 Å². The number of aryl methyl sites for hydroxylation is 2. The summed E-state index contributed by atoms with van der Waals surface area (Å²) in [6, 6.07) is 4.88. The SMILES string of the molecule is CCCc1cc2ccc(CCC)c(F)c2c(F)c1F. The molecule has 0 spiro atoms. The van der Waals surface area contributed by atoms with Gasteiger partial charge in [0, 0.05) is 0 Å². The van der Waals surface area contributed by atoms with Crippen LogP contribution in [-0.4, -0.2) is 0 Å². The third-order valence-electron chi connectivity index (χ3n) is 3.32. The Morgan fingerprint density at radius 1 is 0.789 bits per heavy atom. The van der Waals surface area contributed by atoms with Crippen LogP contribution in [0.1, 0.15) is 37.8 Å². The van der Waals surface area contributed by atoms with Crippen LogP contribution >= 0.6 is 0 Å². The summed E-state index contributed by atoms with van der Waals surface area (Å²) in [4.78, 5) is 0. The first-order valence-corrected chi connectivity index (χ1v) is 6.68. The lowest BCUT2D eigenvalue weighted by Gasteiger charge is -2.10. The summed E-state index contributed by atoms with van der Waals surface area (Å²) >= 11 is 0. The molecule has 102 valence electrons. The summed E-state index contributed by atoms with van der Waals surface area (Å²) in [5.74, 6) is -2.60. The van der Waals surface area contributed by atoms with E-state index in [0.29, 0.717) is 29.4 Å². The van der Waals surface area contributed by atoms with Crippen molar-refractivity contribution in [2.75, 3.05) is 0 Å². The second kappa shape index (κ2) is 5.64. The van der Waals surface area contributed by atoms with Crippen LogP contribution < -0.4 is 0 Å². The molecule has 0 fully saturated rings. The molecule has 0 aliphatic heterocycles. The van der Waals surface area contributed by atoms with E-state index < -0.39 is 17.5 Å². The van der Waals surface area contributed by atoms with Crippen LogP contribution in [0.2, 0.25) is 0 Å². The van der Waals surface area contributed by atoms with Crippen molar-refractivity contribution in [3.63, 3.8) is 0 Å². The second-order valence-electron chi connectivity index (χ2n) is 4.80. The Morgan fingerprint density at radius 2 is 1.42 bits per heavy atom. The summed E-state index contributed by atoms with van der Waals surface area (Å²) in [5.41, 5.74) is 0.756. The first-order chi connectivity index (χ1) is 9.10. The highest BCUT2D eigenvalue weighted by Crippen LogP contribution is 2.29. The molecule has 0 radical (unpaired) electrons. The Labute approximate surface area is 111 Å². The zero-order valence-corrected chi connectivity index (χ0v) is 11.2. The molecule has 0 saturated carbocycles. The van der Waals surface area contributed by atoms with E-state index in [2.05, 4.69) is 0 Å². The zero-order chi connectivity index (χ0) is 14.0. The molecule has 0 aromatic heterocycles. The van der Waals surface area contributed by atoms with Gasteiger partial charge in [-0.05, 0) is 35.4 Å². The molecular weight excluding hydrogens is 249 g/mol. The molecule has 0 saturated heterocycles. The molecule has 2 aromatic rings. The third kappa shape index (κ3) is 2.46. The van der Waals surface area contributed by atoms with Crippen LogP contribution in [0.25, 0.3) is 10.8 Å². The molecule has 2 aromatic carbocycles. The molecule has 0 amide bonds. The minimum atomic E-state index is -1.06. The Balaban J connectivity index is 2.70. The van der Waals surface area contributed by atoms with Crippen LogP contribution in [0, 0.1) is 17.5 Å². The van der Waals surface area contributed by atoms with Gasteiger partial charge >= 0.3 is 0 Å². The van der Waals surface area contributed by atoms with Gasteiger partial charge in [0.1, 0.15) is 5.82 Å². The van der Waals surface area contributed by atoms with Gasteiger partial charge in [0.05, 0.1) is 5.39 Å². The van der Waals surface area contributed by atoms with Crippen molar-refractivity contribution < 1.29 is 13.2 Å². The minimum Gasteiger partial charge on any atom is -0.206 e. The molecular formula is C16H17F3. The van der Waals surface area contributed by atoms with Gasteiger partial charge in [0.15, 0.2) is 11.6 Å². The number of benzene rings is 2. The molecule has 0 N–H and O–H groups in total. The van der Waals surface area contributed by atoms with E-state index in [-0.39, 0.29) is 5.39 Å². The van der Waals surface area contributed by atoms with Crippen molar-refractivity contribution in [2.45, 2.75) is 39.5 Å². The van der Waals surface area contributed by atoms with Crippen molar-refractivity contribution in [3.05, 3.63) is 46.8 Å². The average molecular weight is 266 g/mol. The van der Waals surface area contributed by atoms with Crippen LogP contribution in [0.3, 0.4) is 0 Å². The van der Waals surface area contributed by atoms with Crippen LogP contribution in [0.4, 0.5) is 13.2 Å². The maximum Gasteiger partial charge on any atom is 0.169 e. The maximum absolute atomic E-state index is 14.2.